The van der Waals surface area contributed by atoms with Gasteiger partial charge in [0.2, 0.25) is 0 Å². The molecule has 2 heteroatoms. The van der Waals surface area contributed by atoms with Gasteiger partial charge in [-0.05, 0) is 32.1 Å². The largest absolute Gasteiger partial charge is 0.481 e. The molecule has 124 valence electrons. The van der Waals surface area contributed by atoms with E-state index in [-0.39, 0.29) is 5.92 Å². The Bertz CT molecular complexity index is 258. The van der Waals surface area contributed by atoms with Crippen molar-refractivity contribution in [2.24, 2.45) is 5.92 Å². The van der Waals surface area contributed by atoms with Gasteiger partial charge >= 0.3 is 5.97 Å². The van der Waals surface area contributed by atoms with Crippen LogP contribution in [-0.4, -0.2) is 11.1 Å². The molecule has 0 aromatic rings. The summed E-state index contributed by atoms with van der Waals surface area (Å²) in [5, 5.41) is 8.77. The lowest BCUT2D eigenvalue weighted by molar-refractivity contribution is -0.141. The monoisotopic (exact) mass is 296 g/mol. The number of unbranched alkanes of at least 4 members (excludes halogenated alkanes) is 10. The third-order valence-corrected chi connectivity index (χ3v) is 4.07. The number of hydrogen-bond donors (Lipinski definition) is 1. The van der Waals surface area contributed by atoms with Gasteiger partial charge in [0.05, 0.1) is 5.92 Å². The van der Waals surface area contributed by atoms with Crippen LogP contribution in [0.15, 0.2) is 12.2 Å². The number of rotatable bonds is 15. The molecule has 0 fully saturated rings. The van der Waals surface area contributed by atoms with Gasteiger partial charge in [0.1, 0.15) is 0 Å². The van der Waals surface area contributed by atoms with Crippen molar-refractivity contribution in [3.63, 3.8) is 0 Å². The fourth-order valence-corrected chi connectivity index (χ4v) is 2.47. The highest BCUT2D eigenvalue weighted by Gasteiger charge is 2.08. The predicted octanol–water partition coefficient (Wildman–Crippen LogP) is 6.35. The van der Waals surface area contributed by atoms with Crippen LogP contribution in [0.3, 0.4) is 0 Å². The van der Waals surface area contributed by atoms with E-state index in [1.54, 1.807) is 6.92 Å². The molecule has 0 spiro atoms. The molecular formula is C19H36O2. The molecule has 1 atom stereocenters. The third kappa shape index (κ3) is 15.4. The minimum Gasteiger partial charge on any atom is -0.481 e. The Morgan fingerprint density at radius 1 is 0.857 bits per heavy atom. The number of carboxylic acid groups (broad SMARTS) is 1. The van der Waals surface area contributed by atoms with Crippen LogP contribution in [-0.2, 0) is 4.79 Å². The van der Waals surface area contributed by atoms with Gasteiger partial charge in [0.25, 0.3) is 0 Å². The molecule has 0 saturated carbocycles. The van der Waals surface area contributed by atoms with E-state index in [1.165, 1.54) is 64.2 Å². The number of aliphatic carboxylic acids is 1. The van der Waals surface area contributed by atoms with Gasteiger partial charge in [0, 0.05) is 0 Å². The molecule has 0 saturated heterocycles. The lowest BCUT2D eigenvalue weighted by Crippen LogP contribution is -2.08. The van der Waals surface area contributed by atoms with E-state index >= 15 is 0 Å². The zero-order valence-corrected chi connectivity index (χ0v) is 14.3. The molecular weight excluding hydrogens is 260 g/mol. The zero-order valence-electron chi connectivity index (χ0n) is 14.3. The standard InChI is InChI=1S/C19H36O2/c1-3-4-5-6-7-8-9-10-11-12-13-14-15-16-17-18(2)19(20)21/h13-14,18H,3-12,15-17H2,1-2H3,(H,20,21). The molecule has 0 amide bonds. The molecule has 21 heavy (non-hydrogen) atoms. The fraction of sp³-hybridized carbons (Fsp3) is 0.842. The van der Waals surface area contributed by atoms with E-state index in [0.717, 1.165) is 19.3 Å². The van der Waals surface area contributed by atoms with Crippen LogP contribution in [0.4, 0.5) is 0 Å². The van der Waals surface area contributed by atoms with Crippen LogP contribution in [0.25, 0.3) is 0 Å². The summed E-state index contributed by atoms with van der Waals surface area (Å²) in [6.45, 7) is 4.05. The van der Waals surface area contributed by atoms with Crippen molar-refractivity contribution < 1.29 is 9.90 Å². The smallest absolute Gasteiger partial charge is 0.306 e. The van der Waals surface area contributed by atoms with Gasteiger partial charge < -0.3 is 5.11 Å². The first-order valence-electron chi connectivity index (χ1n) is 9.06. The molecule has 0 aromatic carbocycles. The fourth-order valence-electron chi connectivity index (χ4n) is 2.47. The zero-order chi connectivity index (χ0) is 15.8. The Morgan fingerprint density at radius 3 is 1.86 bits per heavy atom. The maximum atomic E-state index is 10.6. The quantitative estimate of drug-likeness (QED) is 0.282. The van der Waals surface area contributed by atoms with Gasteiger partial charge in [-0.25, -0.2) is 0 Å². The molecule has 0 aliphatic heterocycles. The summed E-state index contributed by atoms with van der Waals surface area (Å²) in [5.74, 6) is -0.871. The second kappa shape index (κ2) is 15.6. The molecule has 1 unspecified atom stereocenters. The van der Waals surface area contributed by atoms with Crippen LogP contribution in [0.2, 0.25) is 0 Å². The molecule has 0 rings (SSSR count). The van der Waals surface area contributed by atoms with E-state index in [4.69, 9.17) is 5.11 Å². The van der Waals surface area contributed by atoms with Crippen LogP contribution < -0.4 is 0 Å². The van der Waals surface area contributed by atoms with E-state index in [0.29, 0.717) is 0 Å². The highest BCUT2D eigenvalue weighted by molar-refractivity contribution is 5.69. The van der Waals surface area contributed by atoms with Crippen molar-refractivity contribution in [1.82, 2.24) is 0 Å². The Hall–Kier alpha value is -0.790. The maximum absolute atomic E-state index is 10.6. The molecule has 1 N–H and O–H groups in total. The van der Waals surface area contributed by atoms with Gasteiger partial charge in [-0.2, -0.15) is 0 Å². The van der Waals surface area contributed by atoms with Gasteiger partial charge in [-0.3, -0.25) is 4.79 Å². The summed E-state index contributed by atoms with van der Waals surface area (Å²) in [6.07, 6.45) is 20.9. The summed E-state index contributed by atoms with van der Waals surface area (Å²) >= 11 is 0. The van der Waals surface area contributed by atoms with Crippen molar-refractivity contribution >= 4 is 5.97 Å². The van der Waals surface area contributed by atoms with Crippen LogP contribution in [0.5, 0.6) is 0 Å². The van der Waals surface area contributed by atoms with Crippen molar-refractivity contribution in [3.05, 3.63) is 12.2 Å². The van der Waals surface area contributed by atoms with Crippen molar-refractivity contribution in [2.45, 2.75) is 97.3 Å². The SMILES string of the molecule is CCCCCCCCCCCC=CCCCC(C)C(=O)O. The van der Waals surface area contributed by atoms with E-state index in [2.05, 4.69) is 19.1 Å². The summed E-state index contributed by atoms with van der Waals surface area (Å²) < 4.78 is 0. The Labute approximate surface area is 132 Å². The minimum absolute atomic E-state index is 0.198. The molecule has 2 nitrogen and oxygen atoms in total. The first-order chi connectivity index (χ1) is 10.2. The number of carboxylic acids is 1. The topological polar surface area (TPSA) is 37.3 Å². The number of hydrogen-bond acceptors (Lipinski definition) is 1. The summed E-state index contributed by atoms with van der Waals surface area (Å²) in [5.41, 5.74) is 0. The molecule has 0 aliphatic carbocycles. The van der Waals surface area contributed by atoms with Gasteiger partial charge in [-0.1, -0.05) is 77.4 Å². The Balaban J connectivity index is 3.17. The molecule has 0 aliphatic rings. The van der Waals surface area contributed by atoms with Gasteiger partial charge in [-0.15, -0.1) is 0 Å². The minimum atomic E-state index is -0.673. The Kier molecular flexibility index (Phi) is 15.0. The first-order valence-corrected chi connectivity index (χ1v) is 9.06. The van der Waals surface area contributed by atoms with Crippen LogP contribution in [0, 0.1) is 5.92 Å². The van der Waals surface area contributed by atoms with E-state index in [1.807, 2.05) is 0 Å². The lowest BCUT2D eigenvalue weighted by Gasteiger charge is -2.03. The average molecular weight is 296 g/mol. The molecule has 0 bridgehead atoms. The summed E-state index contributed by atoms with van der Waals surface area (Å²) in [4.78, 5) is 10.6. The van der Waals surface area contributed by atoms with E-state index in [9.17, 15) is 4.79 Å². The highest BCUT2D eigenvalue weighted by Crippen LogP contribution is 2.11. The molecule has 0 aromatic heterocycles. The summed E-state index contributed by atoms with van der Waals surface area (Å²) in [6, 6.07) is 0. The van der Waals surface area contributed by atoms with Crippen molar-refractivity contribution in [2.75, 3.05) is 0 Å². The Morgan fingerprint density at radius 2 is 1.33 bits per heavy atom. The van der Waals surface area contributed by atoms with Crippen LogP contribution >= 0.6 is 0 Å². The predicted molar refractivity (Wildman–Crippen MR) is 91.6 cm³/mol. The first kappa shape index (κ1) is 20.2. The van der Waals surface area contributed by atoms with Crippen molar-refractivity contribution in [3.8, 4) is 0 Å². The average Bonchev–Trinajstić information content (AvgIpc) is 2.47. The normalized spacial score (nSPS) is 12.9. The summed E-state index contributed by atoms with van der Waals surface area (Å²) in [7, 11) is 0. The maximum Gasteiger partial charge on any atom is 0.306 e. The third-order valence-electron chi connectivity index (χ3n) is 4.07. The molecule has 0 heterocycles. The van der Waals surface area contributed by atoms with Crippen molar-refractivity contribution in [1.29, 1.82) is 0 Å². The second-order valence-corrected chi connectivity index (χ2v) is 6.26. The van der Waals surface area contributed by atoms with E-state index < -0.39 is 5.97 Å². The second-order valence-electron chi connectivity index (χ2n) is 6.26. The lowest BCUT2D eigenvalue weighted by atomic mass is 10.0. The molecule has 0 radical (unpaired) electrons. The highest BCUT2D eigenvalue weighted by atomic mass is 16.4. The number of allylic oxidation sites excluding steroid dienone is 2. The number of carbonyl (C=O) groups is 1. The van der Waals surface area contributed by atoms with Crippen LogP contribution in [0.1, 0.15) is 97.3 Å². The van der Waals surface area contributed by atoms with Gasteiger partial charge in [0.15, 0.2) is 0 Å².